The summed E-state index contributed by atoms with van der Waals surface area (Å²) in [6.07, 6.45) is 4.52. The van der Waals surface area contributed by atoms with Crippen molar-refractivity contribution in [1.29, 1.82) is 0 Å². The van der Waals surface area contributed by atoms with Crippen molar-refractivity contribution in [2.75, 3.05) is 18.0 Å². The second-order valence-corrected chi connectivity index (χ2v) is 6.55. The molecule has 1 fully saturated rings. The first-order chi connectivity index (χ1) is 12.7. The van der Waals surface area contributed by atoms with Crippen molar-refractivity contribution in [2.45, 2.75) is 38.9 Å². The number of hydrogen-bond acceptors (Lipinski definition) is 5. The fraction of sp³-hybridized carbons (Fsp3) is 0.421. The minimum Gasteiger partial charge on any atom is -0.373 e. The molecule has 0 atom stereocenters. The summed E-state index contributed by atoms with van der Waals surface area (Å²) in [6.45, 7) is 4.41. The van der Waals surface area contributed by atoms with E-state index in [2.05, 4.69) is 33.0 Å². The van der Waals surface area contributed by atoms with E-state index in [1.165, 1.54) is 12.1 Å². The SMILES string of the molecule is CCc1cc(N2CCC(OCc3ccc(F)cc3)CC2)n2ncnc2n1. The molecule has 6 nitrogen and oxygen atoms in total. The van der Waals surface area contributed by atoms with E-state index in [9.17, 15) is 4.39 Å². The van der Waals surface area contributed by atoms with Gasteiger partial charge in [-0.2, -0.15) is 14.6 Å². The molecule has 3 heterocycles. The maximum atomic E-state index is 13.0. The van der Waals surface area contributed by atoms with Crippen LogP contribution in [0.2, 0.25) is 0 Å². The van der Waals surface area contributed by atoms with E-state index in [1.807, 2.05) is 0 Å². The maximum Gasteiger partial charge on any atom is 0.254 e. The van der Waals surface area contributed by atoms with Crippen molar-refractivity contribution in [3.8, 4) is 0 Å². The summed E-state index contributed by atoms with van der Waals surface area (Å²) in [6, 6.07) is 8.59. The molecule has 0 aliphatic carbocycles. The number of rotatable bonds is 5. The molecule has 0 bridgehead atoms. The highest BCUT2D eigenvalue weighted by atomic mass is 19.1. The Morgan fingerprint density at radius 2 is 1.96 bits per heavy atom. The lowest BCUT2D eigenvalue weighted by Gasteiger charge is -2.33. The van der Waals surface area contributed by atoms with Crippen LogP contribution in [0.3, 0.4) is 0 Å². The Morgan fingerprint density at radius 3 is 2.69 bits per heavy atom. The third-order valence-corrected chi connectivity index (χ3v) is 4.81. The standard InChI is InChI=1S/C19H22FN5O/c1-2-16-11-18(25-19(23-16)21-13-22-25)24-9-7-17(8-10-24)26-12-14-3-5-15(20)6-4-14/h3-6,11,13,17H,2,7-10,12H2,1H3. The molecule has 0 N–H and O–H groups in total. The molecule has 136 valence electrons. The van der Waals surface area contributed by atoms with E-state index in [0.717, 1.165) is 49.4 Å². The van der Waals surface area contributed by atoms with Crippen molar-refractivity contribution in [1.82, 2.24) is 19.6 Å². The minimum absolute atomic E-state index is 0.217. The lowest BCUT2D eigenvalue weighted by Crippen LogP contribution is -2.38. The van der Waals surface area contributed by atoms with Gasteiger partial charge in [-0.25, -0.2) is 9.37 Å². The van der Waals surface area contributed by atoms with E-state index >= 15 is 0 Å². The maximum absolute atomic E-state index is 13.0. The van der Waals surface area contributed by atoms with Gasteiger partial charge in [0.15, 0.2) is 0 Å². The molecule has 0 radical (unpaired) electrons. The highest BCUT2D eigenvalue weighted by molar-refractivity contribution is 5.47. The molecule has 1 aliphatic rings. The summed E-state index contributed by atoms with van der Waals surface area (Å²) < 4.78 is 20.8. The molecule has 1 saturated heterocycles. The summed E-state index contributed by atoms with van der Waals surface area (Å²) in [5.41, 5.74) is 2.02. The zero-order valence-corrected chi connectivity index (χ0v) is 14.8. The van der Waals surface area contributed by atoms with Gasteiger partial charge in [0.2, 0.25) is 0 Å². The molecule has 0 saturated carbocycles. The Balaban J connectivity index is 1.39. The smallest absolute Gasteiger partial charge is 0.254 e. The predicted octanol–water partition coefficient (Wildman–Crippen LogP) is 3.01. The van der Waals surface area contributed by atoms with Gasteiger partial charge in [0, 0.05) is 24.8 Å². The molecule has 2 aromatic heterocycles. The molecule has 4 rings (SSSR count). The Hall–Kier alpha value is -2.54. The van der Waals surface area contributed by atoms with E-state index in [-0.39, 0.29) is 11.9 Å². The first-order valence-electron chi connectivity index (χ1n) is 9.03. The van der Waals surface area contributed by atoms with Crippen LogP contribution >= 0.6 is 0 Å². The van der Waals surface area contributed by atoms with Gasteiger partial charge in [-0.15, -0.1) is 0 Å². The number of halogens is 1. The quantitative estimate of drug-likeness (QED) is 0.704. The first-order valence-corrected chi connectivity index (χ1v) is 9.03. The van der Waals surface area contributed by atoms with Crippen molar-refractivity contribution in [3.05, 3.63) is 53.7 Å². The average Bonchev–Trinajstić information content (AvgIpc) is 3.16. The van der Waals surface area contributed by atoms with Crippen molar-refractivity contribution in [2.24, 2.45) is 0 Å². The van der Waals surface area contributed by atoms with Crippen LogP contribution in [0.25, 0.3) is 5.78 Å². The summed E-state index contributed by atoms with van der Waals surface area (Å²) >= 11 is 0. The molecule has 0 unspecified atom stereocenters. The van der Waals surface area contributed by atoms with Gasteiger partial charge in [0.05, 0.1) is 12.7 Å². The summed E-state index contributed by atoms with van der Waals surface area (Å²) in [5, 5.41) is 4.31. The van der Waals surface area contributed by atoms with Gasteiger partial charge in [-0.05, 0) is 37.0 Å². The van der Waals surface area contributed by atoms with Gasteiger partial charge >= 0.3 is 0 Å². The second-order valence-electron chi connectivity index (χ2n) is 6.55. The van der Waals surface area contributed by atoms with E-state index in [1.54, 1.807) is 23.0 Å². The van der Waals surface area contributed by atoms with Crippen molar-refractivity contribution < 1.29 is 9.13 Å². The minimum atomic E-state index is -0.217. The number of aromatic nitrogens is 4. The van der Waals surface area contributed by atoms with E-state index in [4.69, 9.17) is 4.74 Å². The zero-order valence-electron chi connectivity index (χ0n) is 14.8. The normalized spacial score (nSPS) is 15.7. The van der Waals surface area contributed by atoms with Crippen LogP contribution < -0.4 is 4.90 Å². The molecule has 0 spiro atoms. The highest BCUT2D eigenvalue weighted by Crippen LogP contribution is 2.23. The van der Waals surface area contributed by atoms with Crippen LogP contribution in [0, 0.1) is 5.82 Å². The van der Waals surface area contributed by atoms with Gasteiger partial charge in [-0.3, -0.25) is 0 Å². The number of hydrogen-bond donors (Lipinski definition) is 0. The van der Waals surface area contributed by atoms with Gasteiger partial charge in [0.1, 0.15) is 18.0 Å². The lowest BCUT2D eigenvalue weighted by molar-refractivity contribution is 0.0250. The number of benzene rings is 1. The average molecular weight is 355 g/mol. The molecule has 3 aromatic rings. The Labute approximate surface area is 151 Å². The predicted molar refractivity (Wildman–Crippen MR) is 96.6 cm³/mol. The molecular formula is C19H22FN5O. The van der Waals surface area contributed by atoms with Crippen LogP contribution in [0.1, 0.15) is 31.0 Å². The molecular weight excluding hydrogens is 333 g/mol. The van der Waals surface area contributed by atoms with Gasteiger partial charge in [-0.1, -0.05) is 19.1 Å². The lowest BCUT2D eigenvalue weighted by atomic mass is 10.1. The van der Waals surface area contributed by atoms with Gasteiger partial charge in [0.25, 0.3) is 5.78 Å². The first kappa shape index (κ1) is 16.9. The third kappa shape index (κ3) is 3.53. The van der Waals surface area contributed by atoms with E-state index < -0.39 is 0 Å². The number of piperidine rings is 1. The fourth-order valence-corrected chi connectivity index (χ4v) is 3.30. The molecule has 1 aliphatic heterocycles. The van der Waals surface area contributed by atoms with Crippen LogP contribution in [0.15, 0.2) is 36.7 Å². The molecule has 26 heavy (non-hydrogen) atoms. The Kier molecular flexibility index (Phi) is 4.79. The Morgan fingerprint density at radius 1 is 1.19 bits per heavy atom. The van der Waals surface area contributed by atoms with Crippen molar-refractivity contribution in [3.63, 3.8) is 0 Å². The number of fused-ring (bicyclic) bond motifs is 1. The third-order valence-electron chi connectivity index (χ3n) is 4.81. The summed E-state index contributed by atoms with van der Waals surface area (Å²) in [7, 11) is 0. The number of aryl methyl sites for hydroxylation is 1. The van der Waals surface area contributed by atoms with Crippen LogP contribution in [0.5, 0.6) is 0 Å². The highest BCUT2D eigenvalue weighted by Gasteiger charge is 2.22. The summed E-state index contributed by atoms with van der Waals surface area (Å²) in [4.78, 5) is 11.1. The second kappa shape index (κ2) is 7.37. The fourth-order valence-electron chi connectivity index (χ4n) is 3.30. The van der Waals surface area contributed by atoms with Crippen molar-refractivity contribution >= 4 is 11.6 Å². The molecule has 7 heteroatoms. The van der Waals surface area contributed by atoms with Crippen LogP contribution in [-0.4, -0.2) is 38.8 Å². The van der Waals surface area contributed by atoms with Crippen LogP contribution in [-0.2, 0) is 17.8 Å². The molecule has 0 amide bonds. The topological polar surface area (TPSA) is 55.6 Å². The number of ether oxygens (including phenoxy) is 1. The van der Waals surface area contributed by atoms with Crippen LogP contribution in [0.4, 0.5) is 10.2 Å². The largest absolute Gasteiger partial charge is 0.373 e. The number of nitrogens with zero attached hydrogens (tertiary/aromatic N) is 5. The zero-order chi connectivity index (χ0) is 17.9. The molecule has 1 aromatic carbocycles. The summed E-state index contributed by atoms with van der Waals surface area (Å²) in [5.74, 6) is 1.47. The monoisotopic (exact) mass is 355 g/mol. The Bertz CT molecular complexity index is 871. The van der Waals surface area contributed by atoms with E-state index in [0.29, 0.717) is 12.4 Å². The number of anilines is 1. The van der Waals surface area contributed by atoms with Gasteiger partial charge < -0.3 is 9.64 Å².